The Bertz CT molecular complexity index is 689. The van der Waals surface area contributed by atoms with E-state index in [0.717, 1.165) is 0 Å². The van der Waals surface area contributed by atoms with E-state index in [9.17, 15) is 10.2 Å². The second-order valence-corrected chi connectivity index (χ2v) is 8.94. The number of phenols is 2. The van der Waals surface area contributed by atoms with E-state index in [1.165, 1.54) is 43.7 Å². The molecule has 0 radical (unpaired) electrons. The second kappa shape index (κ2) is 6.26. The summed E-state index contributed by atoms with van der Waals surface area (Å²) in [5, 5.41) is 20.4. The van der Waals surface area contributed by atoms with Gasteiger partial charge in [-0.15, -0.1) is 0 Å². The van der Waals surface area contributed by atoms with Crippen LogP contribution in [0.4, 0.5) is 0 Å². The third kappa shape index (κ3) is 2.92. The summed E-state index contributed by atoms with van der Waals surface area (Å²) in [7, 11) is 1.60. The van der Waals surface area contributed by atoms with Crippen LogP contribution in [0.3, 0.4) is 0 Å². The van der Waals surface area contributed by atoms with Crippen molar-refractivity contribution in [3.8, 4) is 17.2 Å². The van der Waals surface area contributed by atoms with E-state index in [1.54, 1.807) is 13.2 Å². The first-order valence-electron chi connectivity index (χ1n) is 9.51. The highest BCUT2D eigenvalue weighted by Crippen LogP contribution is 2.61. The van der Waals surface area contributed by atoms with Crippen LogP contribution in [0.2, 0.25) is 0 Å². The fourth-order valence-electron chi connectivity index (χ4n) is 5.67. The number of ether oxygens (including phenoxy) is 1. The van der Waals surface area contributed by atoms with Crippen molar-refractivity contribution in [3.63, 3.8) is 0 Å². The molecule has 2 aliphatic carbocycles. The number of fused-ring (bicyclic) bond motifs is 1. The number of aromatic hydroxyl groups is 2. The van der Waals surface area contributed by atoms with Crippen molar-refractivity contribution in [2.75, 3.05) is 7.11 Å². The van der Waals surface area contributed by atoms with Crippen molar-refractivity contribution in [2.24, 2.45) is 22.7 Å². The SMILES string of the molecule is COc1ccc(O)c(O)c1/C=C1\[C@@H](C)CCC2C(C)(C)CCC[C@]12C. The van der Waals surface area contributed by atoms with E-state index < -0.39 is 0 Å². The number of hydrogen-bond donors (Lipinski definition) is 2. The van der Waals surface area contributed by atoms with Gasteiger partial charge in [-0.05, 0) is 66.6 Å². The topological polar surface area (TPSA) is 49.7 Å². The third-order valence-corrected chi connectivity index (χ3v) is 6.98. The average molecular weight is 344 g/mol. The first-order valence-corrected chi connectivity index (χ1v) is 9.51. The highest BCUT2D eigenvalue weighted by Gasteiger charge is 2.51. The van der Waals surface area contributed by atoms with Gasteiger partial charge in [0.05, 0.1) is 12.7 Å². The van der Waals surface area contributed by atoms with Crippen LogP contribution in [0.15, 0.2) is 17.7 Å². The van der Waals surface area contributed by atoms with Gasteiger partial charge in [-0.2, -0.15) is 0 Å². The second-order valence-electron chi connectivity index (χ2n) is 8.94. The van der Waals surface area contributed by atoms with Crippen molar-refractivity contribution >= 4 is 6.08 Å². The molecule has 1 aromatic carbocycles. The van der Waals surface area contributed by atoms with Crippen LogP contribution in [-0.2, 0) is 0 Å². The van der Waals surface area contributed by atoms with Crippen LogP contribution in [0.1, 0.15) is 65.4 Å². The Balaban J connectivity index is 2.14. The molecule has 0 bridgehead atoms. The molecule has 0 aromatic heterocycles. The number of hydrogen-bond acceptors (Lipinski definition) is 3. The lowest BCUT2D eigenvalue weighted by molar-refractivity contribution is -0.00535. The summed E-state index contributed by atoms with van der Waals surface area (Å²) in [6.45, 7) is 9.53. The molecule has 2 N–H and O–H groups in total. The zero-order valence-corrected chi connectivity index (χ0v) is 16.2. The Morgan fingerprint density at radius 2 is 1.84 bits per heavy atom. The summed E-state index contributed by atoms with van der Waals surface area (Å²) in [6.07, 6.45) is 8.27. The standard InChI is InChI=1S/C22H32O3/c1-14-7-10-19-21(2,3)11-6-12-22(19,4)16(14)13-15-18(25-5)9-8-17(23)20(15)24/h8-9,13-14,19,23-24H,6-7,10-12H2,1-5H3/b16-13+/t14-,19?,22+/m0/s1. The Morgan fingerprint density at radius 3 is 2.52 bits per heavy atom. The number of methoxy groups -OCH3 is 1. The van der Waals surface area contributed by atoms with E-state index in [0.29, 0.717) is 28.6 Å². The maximum atomic E-state index is 10.4. The molecule has 0 aliphatic heterocycles. The highest BCUT2D eigenvalue weighted by atomic mass is 16.5. The molecule has 1 unspecified atom stereocenters. The molecular formula is C22H32O3. The molecule has 1 aromatic rings. The third-order valence-electron chi connectivity index (χ3n) is 6.98. The Labute approximate surface area is 151 Å². The van der Waals surface area contributed by atoms with Crippen molar-refractivity contribution in [3.05, 3.63) is 23.3 Å². The van der Waals surface area contributed by atoms with Gasteiger partial charge < -0.3 is 14.9 Å². The Kier molecular flexibility index (Phi) is 4.55. The average Bonchev–Trinajstić information content (AvgIpc) is 2.54. The number of benzene rings is 1. The molecule has 138 valence electrons. The summed E-state index contributed by atoms with van der Waals surface area (Å²) in [6, 6.07) is 3.20. The fraction of sp³-hybridized carbons (Fsp3) is 0.636. The normalized spacial score (nSPS) is 33.1. The fourth-order valence-corrected chi connectivity index (χ4v) is 5.67. The molecular weight excluding hydrogens is 312 g/mol. The lowest BCUT2D eigenvalue weighted by Crippen LogP contribution is -2.47. The maximum absolute atomic E-state index is 10.4. The smallest absolute Gasteiger partial charge is 0.168 e. The van der Waals surface area contributed by atoms with E-state index in [2.05, 4.69) is 33.8 Å². The predicted molar refractivity (Wildman–Crippen MR) is 102 cm³/mol. The Hall–Kier alpha value is -1.64. The molecule has 0 amide bonds. The minimum atomic E-state index is -0.0956. The number of rotatable bonds is 2. The molecule has 2 fully saturated rings. The van der Waals surface area contributed by atoms with Crippen LogP contribution in [0.25, 0.3) is 6.08 Å². The minimum absolute atomic E-state index is 0.0835. The molecule has 25 heavy (non-hydrogen) atoms. The van der Waals surface area contributed by atoms with E-state index in [-0.39, 0.29) is 16.9 Å². The van der Waals surface area contributed by atoms with E-state index in [1.807, 2.05) is 0 Å². The summed E-state index contributed by atoms with van der Waals surface area (Å²) >= 11 is 0. The van der Waals surface area contributed by atoms with Gasteiger partial charge in [-0.3, -0.25) is 0 Å². The predicted octanol–water partition coefficient (Wildman–Crippen LogP) is 5.75. The quantitative estimate of drug-likeness (QED) is 0.671. The molecule has 2 aliphatic rings. The molecule has 3 rings (SSSR count). The van der Waals surface area contributed by atoms with Gasteiger partial charge in [0.2, 0.25) is 0 Å². The van der Waals surface area contributed by atoms with Crippen LogP contribution in [0, 0.1) is 22.7 Å². The van der Waals surface area contributed by atoms with Gasteiger partial charge in [0.15, 0.2) is 11.5 Å². The van der Waals surface area contributed by atoms with Crippen LogP contribution in [0.5, 0.6) is 17.2 Å². The molecule has 2 saturated carbocycles. The molecule has 3 heteroatoms. The summed E-state index contributed by atoms with van der Waals surface area (Å²) in [5.41, 5.74) is 2.49. The van der Waals surface area contributed by atoms with Gasteiger partial charge in [0.1, 0.15) is 5.75 Å². The van der Waals surface area contributed by atoms with Gasteiger partial charge >= 0.3 is 0 Å². The van der Waals surface area contributed by atoms with Crippen molar-refractivity contribution in [1.29, 1.82) is 0 Å². The van der Waals surface area contributed by atoms with Crippen molar-refractivity contribution < 1.29 is 14.9 Å². The van der Waals surface area contributed by atoms with Gasteiger partial charge in [-0.1, -0.05) is 39.7 Å². The lowest BCUT2D eigenvalue weighted by atomic mass is 9.48. The number of allylic oxidation sites excluding steroid dienone is 1. The highest BCUT2D eigenvalue weighted by molar-refractivity contribution is 5.70. The first kappa shape index (κ1) is 18.2. The first-order chi connectivity index (χ1) is 11.7. The zero-order valence-electron chi connectivity index (χ0n) is 16.2. The maximum Gasteiger partial charge on any atom is 0.168 e. The molecule has 3 nitrogen and oxygen atoms in total. The van der Waals surface area contributed by atoms with Crippen molar-refractivity contribution in [2.45, 2.75) is 59.8 Å². The zero-order chi connectivity index (χ0) is 18.4. The molecule has 3 atom stereocenters. The van der Waals surface area contributed by atoms with Gasteiger partial charge in [0.25, 0.3) is 0 Å². The summed E-state index contributed by atoms with van der Waals surface area (Å²) in [5.74, 6) is 1.56. The number of phenolic OH excluding ortho intramolecular Hbond substituents is 2. The Morgan fingerprint density at radius 1 is 1.12 bits per heavy atom. The van der Waals surface area contributed by atoms with Crippen LogP contribution >= 0.6 is 0 Å². The monoisotopic (exact) mass is 344 g/mol. The van der Waals surface area contributed by atoms with Crippen molar-refractivity contribution in [1.82, 2.24) is 0 Å². The minimum Gasteiger partial charge on any atom is -0.504 e. The molecule has 0 spiro atoms. The lowest BCUT2D eigenvalue weighted by Gasteiger charge is -2.56. The molecule has 0 saturated heterocycles. The van der Waals surface area contributed by atoms with Crippen LogP contribution in [-0.4, -0.2) is 17.3 Å². The van der Waals surface area contributed by atoms with Gasteiger partial charge in [0, 0.05) is 0 Å². The summed E-state index contributed by atoms with van der Waals surface area (Å²) in [4.78, 5) is 0. The summed E-state index contributed by atoms with van der Waals surface area (Å²) < 4.78 is 5.45. The molecule has 0 heterocycles. The van der Waals surface area contributed by atoms with Gasteiger partial charge in [-0.25, -0.2) is 0 Å². The van der Waals surface area contributed by atoms with E-state index in [4.69, 9.17) is 4.74 Å². The van der Waals surface area contributed by atoms with E-state index >= 15 is 0 Å². The largest absolute Gasteiger partial charge is 0.504 e. The van der Waals surface area contributed by atoms with Crippen LogP contribution < -0.4 is 4.74 Å².